The van der Waals surface area contributed by atoms with Crippen molar-refractivity contribution in [1.29, 1.82) is 0 Å². The van der Waals surface area contributed by atoms with Crippen molar-refractivity contribution in [2.24, 2.45) is 0 Å². The number of rotatable bonds is 3. The molecule has 4 aromatic rings. The number of nitrogen functional groups attached to an aromatic ring is 1. The van der Waals surface area contributed by atoms with Gasteiger partial charge in [0, 0.05) is 29.7 Å². The molecule has 1 unspecified atom stereocenters. The van der Waals surface area contributed by atoms with E-state index in [1.165, 1.54) is 17.0 Å². The van der Waals surface area contributed by atoms with Gasteiger partial charge in [0.25, 0.3) is 5.91 Å². The van der Waals surface area contributed by atoms with E-state index in [1.807, 2.05) is 13.8 Å². The number of carbonyl (C=O) groups is 1. The second-order valence-electron chi connectivity index (χ2n) is 8.19. The van der Waals surface area contributed by atoms with E-state index in [-0.39, 0.29) is 18.5 Å². The van der Waals surface area contributed by atoms with Gasteiger partial charge in [0.1, 0.15) is 17.3 Å². The summed E-state index contributed by atoms with van der Waals surface area (Å²) in [5.41, 5.74) is 8.17. The zero-order valence-corrected chi connectivity index (χ0v) is 18.3. The van der Waals surface area contributed by atoms with Gasteiger partial charge in [-0.25, -0.2) is 9.97 Å². The van der Waals surface area contributed by atoms with Gasteiger partial charge in [0.2, 0.25) is 0 Å². The van der Waals surface area contributed by atoms with Crippen LogP contribution in [0, 0.1) is 6.92 Å². The molecule has 0 spiro atoms. The van der Waals surface area contributed by atoms with Crippen LogP contribution in [0.1, 0.15) is 34.7 Å². The van der Waals surface area contributed by atoms with Crippen molar-refractivity contribution in [3.63, 3.8) is 0 Å². The molecule has 1 amide bonds. The van der Waals surface area contributed by atoms with Crippen molar-refractivity contribution in [3.8, 4) is 22.6 Å². The zero-order valence-electron chi connectivity index (χ0n) is 18.3. The van der Waals surface area contributed by atoms with Gasteiger partial charge in [0.05, 0.1) is 29.1 Å². The van der Waals surface area contributed by atoms with Gasteiger partial charge in [-0.05, 0) is 50.2 Å². The van der Waals surface area contributed by atoms with E-state index in [0.29, 0.717) is 34.3 Å². The van der Waals surface area contributed by atoms with E-state index in [4.69, 9.17) is 5.73 Å². The summed E-state index contributed by atoms with van der Waals surface area (Å²) in [5.74, 6) is 0.597. The molecule has 1 aliphatic rings. The van der Waals surface area contributed by atoms with Crippen LogP contribution in [0.5, 0.6) is 0 Å². The van der Waals surface area contributed by atoms with Gasteiger partial charge in [-0.2, -0.15) is 18.3 Å². The minimum atomic E-state index is -4.45. The molecule has 1 aliphatic heterocycles. The summed E-state index contributed by atoms with van der Waals surface area (Å²) in [5, 5.41) is 4.41. The first-order valence-corrected chi connectivity index (χ1v) is 10.5. The summed E-state index contributed by atoms with van der Waals surface area (Å²) in [7, 11) is 0. The Bertz CT molecular complexity index is 1370. The highest BCUT2D eigenvalue weighted by Crippen LogP contribution is 2.35. The molecule has 4 heterocycles. The highest BCUT2D eigenvalue weighted by Gasteiger charge is 2.36. The SMILES string of the molecule is Cc1[nH]c(-c2ccc(N)nc2)nc1-c1cnn2c1C(=O)N(c1ccc(C(F)(F)F)cc1)CC2C. The molecule has 0 bridgehead atoms. The summed E-state index contributed by atoms with van der Waals surface area (Å²) < 4.78 is 40.5. The number of halogens is 3. The lowest BCUT2D eigenvalue weighted by Crippen LogP contribution is -2.42. The number of carbonyl (C=O) groups excluding carboxylic acids is 1. The minimum Gasteiger partial charge on any atom is -0.384 e. The monoisotopic (exact) mass is 467 g/mol. The molecule has 1 atom stereocenters. The standard InChI is InChI=1S/C23H20F3N7O/c1-12-11-32(16-6-4-15(5-7-16)23(24,25)26)22(34)20-17(10-29-33(12)20)19-13(2)30-21(31-19)14-3-8-18(27)28-9-14/h3-10,12H,11H2,1-2H3,(H2,27,28)(H,30,31). The Labute approximate surface area is 192 Å². The molecule has 8 nitrogen and oxygen atoms in total. The van der Waals surface area contributed by atoms with Crippen molar-refractivity contribution < 1.29 is 18.0 Å². The Hall–Kier alpha value is -4.15. The van der Waals surface area contributed by atoms with E-state index < -0.39 is 11.7 Å². The predicted octanol–water partition coefficient (Wildman–Crippen LogP) is 4.47. The van der Waals surface area contributed by atoms with E-state index >= 15 is 0 Å². The molecule has 1 aromatic carbocycles. The molecular formula is C23H20F3N7O. The number of nitrogens with one attached hydrogen (secondary N) is 1. The second-order valence-corrected chi connectivity index (χ2v) is 8.19. The van der Waals surface area contributed by atoms with Crippen molar-refractivity contribution in [1.82, 2.24) is 24.7 Å². The van der Waals surface area contributed by atoms with Crippen LogP contribution < -0.4 is 10.6 Å². The molecule has 34 heavy (non-hydrogen) atoms. The van der Waals surface area contributed by atoms with Crippen LogP contribution in [-0.2, 0) is 6.18 Å². The third-order valence-corrected chi connectivity index (χ3v) is 5.81. The first kappa shape index (κ1) is 21.7. The van der Waals surface area contributed by atoms with Gasteiger partial charge >= 0.3 is 6.18 Å². The molecule has 0 radical (unpaired) electrons. The molecule has 174 valence electrons. The Morgan fingerprint density at radius 1 is 1.12 bits per heavy atom. The maximum atomic E-state index is 13.5. The van der Waals surface area contributed by atoms with Gasteiger partial charge < -0.3 is 15.6 Å². The van der Waals surface area contributed by atoms with Crippen LogP contribution >= 0.6 is 0 Å². The average Bonchev–Trinajstić information content (AvgIpc) is 3.40. The van der Waals surface area contributed by atoms with Crippen LogP contribution in [0.15, 0.2) is 48.8 Å². The van der Waals surface area contributed by atoms with Crippen molar-refractivity contribution in [3.05, 3.63) is 65.7 Å². The van der Waals surface area contributed by atoms with Crippen molar-refractivity contribution in [2.75, 3.05) is 17.2 Å². The third-order valence-electron chi connectivity index (χ3n) is 5.81. The van der Waals surface area contributed by atoms with Crippen molar-refractivity contribution >= 4 is 17.4 Å². The van der Waals surface area contributed by atoms with Crippen molar-refractivity contribution in [2.45, 2.75) is 26.1 Å². The average molecular weight is 467 g/mol. The first-order chi connectivity index (χ1) is 16.1. The molecule has 3 aromatic heterocycles. The number of aromatic amines is 1. The lowest BCUT2D eigenvalue weighted by molar-refractivity contribution is -0.137. The Kier molecular flexibility index (Phi) is 4.92. The molecule has 3 N–H and O–H groups in total. The number of pyridine rings is 1. The van der Waals surface area contributed by atoms with Crippen LogP contribution in [0.4, 0.5) is 24.7 Å². The number of hydrogen-bond acceptors (Lipinski definition) is 5. The summed E-state index contributed by atoms with van der Waals surface area (Å²) in [6.45, 7) is 4.01. The fourth-order valence-corrected chi connectivity index (χ4v) is 4.09. The Balaban J connectivity index is 1.53. The number of benzene rings is 1. The molecule has 0 aliphatic carbocycles. The quantitative estimate of drug-likeness (QED) is 0.463. The number of alkyl halides is 3. The van der Waals surface area contributed by atoms with E-state index in [1.54, 1.807) is 29.2 Å². The molecule has 0 saturated carbocycles. The topological polar surface area (TPSA) is 106 Å². The summed E-state index contributed by atoms with van der Waals surface area (Å²) in [6.07, 6.45) is -1.25. The maximum Gasteiger partial charge on any atom is 0.416 e. The third kappa shape index (κ3) is 3.58. The fraction of sp³-hybridized carbons (Fsp3) is 0.217. The molecular weight excluding hydrogens is 447 g/mol. The smallest absolute Gasteiger partial charge is 0.384 e. The second kappa shape index (κ2) is 7.72. The van der Waals surface area contributed by atoms with E-state index in [9.17, 15) is 18.0 Å². The lowest BCUT2D eigenvalue weighted by atomic mass is 10.1. The maximum absolute atomic E-state index is 13.5. The normalized spacial score (nSPS) is 16.1. The number of hydrogen-bond donors (Lipinski definition) is 2. The summed E-state index contributed by atoms with van der Waals surface area (Å²) in [6, 6.07) is 7.84. The van der Waals surface area contributed by atoms with Gasteiger partial charge in [0.15, 0.2) is 0 Å². The highest BCUT2D eigenvalue weighted by atomic mass is 19.4. The fourth-order valence-electron chi connectivity index (χ4n) is 4.09. The van der Waals surface area contributed by atoms with Crippen LogP contribution in [0.2, 0.25) is 0 Å². The Morgan fingerprint density at radius 3 is 2.50 bits per heavy atom. The number of imidazole rings is 1. The highest BCUT2D eigenvalue weighted by molar-refractivity contribution is 6.09. The number of nitrogens with two attached hydrogens (primary N) is 1. The van der Waals surface area contributed by atoms with E-state index in [2.05, 4.69) is 20.1 Å². The largest absolute Gasteiger partial charge is 0.416 e. The van der Waals surface area contributed by atoms with Crippen LogP contribution in [-0.4, -0.2) is 37.2 Å². The molecule has 11 heteroatoms. The van der Waals surface area contributed by atoms with Gasteiger partial charge in [-0.15, -0.1) is 0 Å². The van der Waals surface area contributed by atoms with Crippen LogP contribution in [0.3, 0.4) is 0 Å². The number of fused-ring (bicyclic) bond motifs is 1. The lowest BCUT2D eigenvalue weighted by Gasteiger charge is -2.32. The van der Waals surface area contributed by atoms with Gasteiger partial charge in [-0.3, -0.25) is 9.48 Å². The molecule has 0 saturated heterocycles. The first-order valence-electron chi connectivity index (χ1n) is 10.5. The number of aryl methyl sites for hydroxylation is 1. The zero-order chi connectivity index (χ0) is 24.2. The number of amides is 1. The number of anilines is 2. The number of H-pyrrole nitrogens is 1. The number of nitrogens with zero attached hydrogens (tertiary/aromatic N) is 5. The Morgan fingerprint density at radius 2 is 1.85 bits per heavy atom. The molecule has 5 rings (SSSR count). The predicted molar refractivity (Wildman–Crippen MR) is 120 cm³/mol. The number of aromatic nitrogens is 5. The van der Waals surface area contributed by atoms with Crippen LogP contribution in [0.25, 0.3) is 22.6 Å². The molecule has 0 fully saturated rings. The summed E-state index contributed by atoms with van der Waals surface area (Å²) >= 11 is 0. The van der Waals surface area contributed by atoms with Gasteiger partial charge in [-0.1, -0.05) is 0 Å². The summed E-state index contributed by atoms with van der Waals surface area (Å²) in [4.78, 5) is 26.9. The minimum absolute atomic E-state index is 0.191. The van der Waals surface area contributed by atoms with E-state index in [0.717, 1.165) is 23.4 Å².